The quantitative estimate of drug-likeness (QED) is 0.449. The lowest BCUT2D eigenvalue weighted by Gasteiger charge is -2.20. The molecule has 0 aromatic rings. The smallest absolute Gasteiger partial charge is 0.0449 e. The fraction of sp³-hybridized carbons (Fsp3) is 1.00. The topological polar surface area (TPSA) is 0 Å². The highest BCUT2D eigenvalue weighted by atomic mass is 35.5. The zero-order valence-electron chi connectivity index (χ0n) is 5.17. The molecule has 0 aromatic carbocycles. The van der Waals surface area contributed by atoms with Crippen molar-refractivity contribution in [2.45, 2.75) is 18.5 Å². The third-order valence-corrected chi connectivity index (χ3v) is 4.38. The Hall–Kier alpha value is 0.797. The highest BCUT2D eigenvalue weighted by molar-refractivity contribution is 6.43. The van der Waals surface area contributed by atoms with Crippen molar-refractivity contribution in [1.82, 2.24) is 0 Å². The summed E-state index contributed by atoms with van der Waals surface area (Å²) in [5.74, 6) is 1.34. The van der Waals surface area contributed by atoms with Crippen molar-refractivity contribution in [3.63, 3.8) is 0 Å². The van der Waals surface area contributed by atoms with E-state index in [1.807, 2.05) is 0 Å². The molecule has 8 heavy (non-hydrogen) atoms. The highest BCUT2D eigenvalue weighted by Crippen LogP contribution is 2.26. The summed E-state index contributed by atoms with van der Waals surface area (Å²) >= 11 is 11.3. The van der Waals surface area contributed by atoms with E-state index in [4.69, 9.17) is 23.2 Å². The molecule has 0 saturated heterocycles. The van der Waals surface area contributed by atoms with Crippen LogP contribution in [0.5, 0.6) is 0 Å². The minimum atomic E-state index is 0.184. The van der Waals surface area contributed by atoms with Crippen LogP contribution in [0.15, 0.2) is 0 Å². The summed E-state index contributed by atoms with van der Waals surface area (Å²) in [6, 6.07) is 0. The van der Waals surface area contributed by atoms with E-state index >= 15 is 0 Å². The van der Waals surface area contributed by atoms with Crippen molar-refractivity contribution in [3.8, 4) is 0 Å². The molecular formula is C5H10Cl2Si. The van der Waals surface area contributed by atoms with Gasteiger partial charge in [0, 0.05) is 21.3 Å². The molecule has 0 amide bonds. The largest absolute Gasteiger partial charge is 0.126 e. The normalized spacial score (nSPS) is 12.0. The summed E-state index contributed by atoms with van der Waals surface area (Å²) in [6.07, 6.45) is 0. The van der Waals surface area contributed by atoms with Crippen LogP contribution in [0.2, 0.25) is 11.6 Å². The second kappa shape index (κ2) is 3.75. The molecule has 0 fully saturated rings. The number of hydrogen-bond acceptors (Lipinski definition) is 0. The van der Waals surface area contributed by atoms with Gasteiger partial charge in [-0.2, -0.15) is 0 Å². The van der Waals surface area contributed by atoms with E-state index in [9.17, 15) is 0 Å². The van der Waals surface area contributed by atoms with Gasteiger partial charge in [0.2, 0.25) is 0 Å². The Morgan fingerprint density at radius 3 is 1.75 bits per heavy atom. The van der Waals surface area contributed by atoms with Gasteiger partial charge in [-0.1, -0.05) is 13.5 Å². The third kappa shape index (κ3) is 2.38. The molecule has 0 unspecified atom stereocenters. The summed E-state index contributed by atoms with van der Waals surface area (Å²) in [6.45, 7) is 4.23. The molecule has 0 bridgehead atoms. The van der Waals surface area contributed by atoms with Gasteiger partial charge in [-0.15, -0.1) is 23.2 Å². The van der Waals surface area contributed by atoms with Gasteiger partial charge in [-0.3, -0.25) is 0 Å². The lowest BCUT2D eigenvalue weighted by Crippen LogP contribution is -2.17. The van der Waals surface area contributed by atoms with Gasteiger partial charge in [0.15, 0.2) is 0 Å². The van der Waals surface area contributed by atoms with Crippen LogP contribution in [-0.4, -0.2) is 21.3 Å². The van der Waals surface area contributed by atoms with Crippen molar-refractivity contribution in [3.05, 3.63) is 0 Å². The minimum Gasteiger partial charge on any atom is -0.126 e. The molecule has 48 valence electrons. The maximum atomic E-state index is 5.63. The fourth-order valence-electron chi connectivity index (χ4n) is 0.169. The van der Waals surface area contributed by atoms with Gasteiger partial charge in [-0.25, -0.2) is 0 Å². The van der Waals surface area contributed by atoms with E-state index in [1.54, 1.807) is 0 Å². The van der Waals surface area contributed by atoms with Gasteiger partial charge in [0.1, 0.15) is 0 Å². The van der Waals surface area contributed by atoms with Crippen molar-refractivity contribution >= 4 is 32.7 Å². The maximum absolute atomic E-state index is 5.63. The number of rotatable bonds is 3. The standard InChI is InChI=1S/C5H10Cl2Si/c1-5(3-6,4-7)8-2/h3-4H2,1-2H3. The molecule has 2 radical (unpaired) electrons. The Morgan fingerprint density at radius 2 is 1.75 bits per heavy atom. The number of halogens is 2. The highest BCUT2D eigenvalue weighted by Gasteiger charge is 2.19. The Bertz CT molecular complexity index is 53.2. The van der Waals surface area contributed by atoms with E-state index in [2.05, 4.69) is 13.5 Å². The van der Waals surface area contributed by atoms with Crippen LogP contribution < -0.4 is 0 Å². The third-order valence-electron chi connectivity index (χ3n) is 1.19. The number of hydrogen-bond donors (Lipinski definition) is 0. The molecule has 0 heterocycles. The molecule has 3 heteroatoms. The number of alkyl halides is 2. The van der Waals surface area contributed by atoms with Gasteiger partial charge in [-0.05, 0) is 5.04 Å². The van der Waals surface area contributed by atoms with E-state index < -0.39 is 0 Å². The average Bonchev–Trinajstić information content (AvgIpc) is 1.87. The van der Waals surface area contributed by atoms with Crippen molar-refractivity contribution in [1.29, 1.82) is 0 Å². The molecule has 0 aliphatic carbocycles. The monoisotopic (exact) mass is 168 g/mol. The van der Waals surface area contributed by atoms with Gasteiger partial charge < -0.3 is 0 Å². The summed E-state index contributed by atoms with van der Waals surface area (Å²) < 4.78 is 0. The summed E-state index contributed by atoms with van der Waals surface area (Å²) in [5, 5.41) is 0.184. The van der Waals surface area contributed by atoms with Crippen LogP contribution in [-0.2, 0) is 0 Å². The Kier molecular flexibility index (Phi) is 4.13. The molecule has 0 nitrogen and oxygen atoms in total. The Morgan fingerprint density at radius 1 is 1.38 bits per heavy atom. The zero-order chi connectivity index (χ0) is 6.62. The summed E-state index contributed by atoms with van der Waals surface area (Å²) in [7, 11) is 0.838. The van der Waals surface area contributed by atoms with Gasteiger partial charge in [0.25, 0.3) is 0 Å². The van der Waals surface area contributed by atoms with Crippen LogP contribution in [0.25, 0.3) is 0 Å². The molecule has 0 aliphatic rings. The Labute approximate surface area is 63.4 Å². The fourth-order valence-corrected chi connectivity index (χ4v) is 1.52. The summed E-state index contributed by atoms with van der Waals surface area (Å²) in [5.41, 5.74) is 0. The first-order valence-corrected chi connectivity index (χ1v) is 5.06. The molecule has 0 aliphatic heterocycles. The molecule has 0 N–H and O–H groups in total. The lowest BCUT2D eigenvalue weighted by atomic mass is 10.2. The average molecular weight is 169 g/mol. The minimum absolute atomic E-state index is 0.184. The van der Waals surface area contributed by atoms with Crippen molar-refractivity contribution in [2.24, 2.45) is 0 Å². The molecule has 0 rings (SSSR count). The van der Waals surface area contributed by atoms with Crippen LogP contribution in [0.3, 0.4) is 0 Å². The van der Waals surface area contributed by atoms with E-state index in [-0.39, 0.29) is 5.04 Å². The first kappa shape index (κ1) is 8.80. The summed E-state index contributed by atoms with van der Waals surface area (Å²) in [4.78, 5) is 0. The van der Waals surface area contributed by atoms with Gasteiger partial charge >= 0.3 is 0 Å². The van der Waals surface area contributed by atoms with Crippen molar-refractivity contribution in [2.75, 3.05) is 11.8 Å². The van der Waals surface area contributed by atoms with Crippen LogP contribution >= 0.6 is 23.2 Å². The molecule has 0 aromatic heterocycles. The molecule has 0 saturated carbocycles. The van der Waals surface area contributed by atoms with Crippen LogP contribution in [0, 0.1) is 0 Å². The van der Waals surface area contributed by atoms with Crippen molar-refractivity contribution < 1.29 is 0 Å². The molecular weight excluding hydrogens is 159 g/mol. The predicted octanol–water partition coefficient (Wildman–Crippen LogP) is 2.39. The Balaban J connectivity index is 3.58. The first-order chi connectivity index (χ1) is 3.68. The van der Waals surface area contributed by atoms with E-state index in [0.29, 0.717) is 11.8 Å². The van der Waals surface area contributed by atoms with Gasteiger partial charge in [0.05, 0.1) is 0 Å². The SMILES string of the molecule is C[Si]C(C)(CCl)CCl. The first-order valence-electron chi connectivity index (χ1n) is 2.49. The lowest BCUT2D eigenvalue weighted by molar-refractivity contribution is 0.772. The maximum Gasteiger partial charge on any atom is 0.0449 e. The van der Waals surface area contributed by atoms with E-state index in [0.717, 1.165) is 9.52 Å². The molecule has 0 spiro atoms. The molecule has 0 atom stereocenters. The van der Waals surface area contributed by atoms with Crippen LogP contribution in [0.4, 0.5) is 0 Å². The zero-order valence-corrected chi connectivity index (χ0v) is 7.68. The second-order valence-electron chi connectivity index (χ2n) is 2.08. The van der Waals surface area contributed by atoms with Crippen LogP contribution in [0.1, 0.15) is 6.92 Å². The second-order valence-corrected chi connectivity index (χ2v) is 4.32. The van der Waals surface area contributed by atoms with E-state index in [1.165, 1.54) is 0 Å². The predicted molar refractivity (Wildman–Crippen MR) is 41.4 cm³/mol.